The van der Waals surface area contributed by atoms with E-state index in [1.54, 1.807) is 7.11 Å². The number of ether oxygens (including phenoxy) is 1. The smallest absolute Gasteiger partial charge is 0.119 e. The Kier molecular flexibility index (Phi) is 7.59. The molecule has 0 heterocycles. The van der Waals surface area contributed by atoms with Crippen LogP contribution in [0, 0.1) is 0 Å². The van der Waals surface area contributed by atoms with Gasteiger partial charge in [-0.3, -0.25) is 0 Å². The molecule has 1 aromatic rings. The lowest BCUT2D eigenvalue weighted by Gasteiger charge is -2.26. The normalized spacial score (nSPS) is 12.9. The highest BCUT2D eigenvalue weighted by molar-refractivity contribution is 5.30. The van der Waals surface area contributed by atoms with E-state index in [1.165, 1.54) is 0 Å². The van der Waals surface area contributed by atoms with Crippen molar-refractivity contribution in [2.45, 2.75) is 19.4 Å². The second-order valence-corrected chi connectivity index (χ2v) is 5.49. The molecule has 0 aromatic heterocycles. The summed E-state index contributed by atoms with van der Waals surface area (Å²) in [7, 11) is 5.89. The Morgan fingerprint density at radius 1 is 1.20 bits per heavy atom. The highest BCUT2D eigenvalue weighted by atomic mass is 16.5. The highest BCUT2D eigenvalue weighted by Crippen LogP contribution is 2.18. The van der Waals surface area contributed by atoms with Crippen LogP contribution >= 0.6 is 0 Å². The molecule has 0 radical (unpaired) electrons. The van der Waals surface area contributed by atoms with Crippen LogP contribution in [0.15, 0.2) is 24.3 Å². The summed E-state index contributed by atoms with van der Waals surface area (Å²) in [4.78, 5) is 4.64. The number of likely N-dealkylation sites (N-methyl/N-ethyl adjacent to an activating group) is 1. The van der Waals surface area contributed by atoms with Crippen LogP contribution in [0.2, 0.25) is 0 Å². The summed E-state index contributed by atoms with van der Waals surface area (Å²) in [6.45, 7) is 6.30. The Hall–Kier alpha value is -1.10. The van der Waals surface area contributed by atoms with E-state index in [1.807, 2.05) is 18.2 Å². The van der Waals surface area contributed by atoms with Gasteiger partial charge in [-0.15, -0.1) is 0 Å². The van der Waals surface area contributed by atoms with E-state index >= 15 is 0 Å². The van der Waals surface area contributed by atoms with Gasteiger partial charge in [0.25, 0.3) is 0 Å². The van der Waals surface area contributed by atoms with E-state index in [0.717, 1.165) is 43.9 Å². The Balaban J connectivity index is 2.61. The van der Waals surface area contributed by atoms with Crippen LogP contribution < -0.4 is 10.5 Å². The number of rotatable bonds is 9. The van der Waals surface area contributed by atoms with E-state index in [-0.39, 0.29) is 6.04 Å². The number of benzene rings is 1. The molecule has 1 aromatic carbocycles. The predicted octanol–water partition coefficient (Wildman–Crippen LogP) is 1.97. The van der Waals surface area contributed by atoms with Crippen LogP contribution in [-0.2, 0) is 0 Å². The highest BCUT2D eigenvalue weighted by Gasteiger charge is 2.12. The lowest BCUT2D eigenvalue weighted by atomic mass is 10.1. The van der Waals surface area contributed by atoms with E-state index in [4.69, 9.17) is 10.5 Å². The summed E-state index contributed by atoms with van der Waals surface area (Å²) in [6, 6.07) is 8.08. The quantitative estimate of drug-likeness (QED) is 0.750. The second-order valence-electron chi connectivity index (χ2n) is 5.49. The zero-order chi connectivity index (χ0) is 15.0. The van der Waals surface area contributed by atoms with Gasteiger partial charge in [-0.05, 0) is 44.8 Å². The maximum Gasteiger partial charge on any atom is 0.119 e. The maximum atomic E-state index is 6.35. The molecule has 4 heteroatoms. The summed E-state index contributed by atoms with van der Waals surface area (Å²) in [5.41, 5.74) is 7.48. The van der Waals surface area contributed by atoms with Crippen molar-refractivity contribution < 1.29 is 4.74 Å². The van der Waals surface area contributed by atoms with Gasteiger partial charge in [0, 0.05) is 25.7 Å². The van der Waals surface area contributed by atoms with Crippen LogP contribution in [-0.4, -0.2) is 57.2 Å². The third-order valence-electron chi connectivity index (χ3n) is 3.38. The Labute approximate surface area is 123 Å². The number of nitrogens with zero attached hydrogens (tertiary/aromatic N) is 2. The molecule has 0 spiro atoms. The largest absolute Gasteiger partial charge is 0.497 e. The first-order valence-corrected chi connectivity index (χ1v) is 7.33. The average Bonchev–Trinajstić information content (AvgIpc) is 2.45. The molecule has 0 aliphatic heterocycles. The van der Waals surface area contributed by atoms with Gasteiger partial charge in [-0.2, -0.15) is 0 Å². The van der Waals surface area contributed by atoms with E-state index in [9.17, 15) is 0 Å². The molecule has 0 bridgehead atoms. The summed E-state index contributed by atoms with van der Waals surface area (Å²) >= 11 is 0. The first-order chi connectivity index (χ1) is 9.56. The number of hydrogen-bond donors (Lipinski definition) is 1. The second kappa shape index (κ2) is 8.95. The summed E-state index contributed by atoms with van der Waals surface area (Å²) in [5, 5.41) is 0. The molecule has 0 amide bonds. The predicted molar refractivity (Wildman–Crippen MR) is 85.2 cm³/mol. The van der Waals surface area contributed by atoms with Crippen LogP contribution in [0.1, 0.15) is 24.9 Å². The summed E-state index contributed by atoms with van der Waals surface area (Å²) < 4.78 is 5.26. The van der Waals surface area contributed by atoms with Gasteiger partial charge < -0.3 is 20.3 Å². The van der Waals surface area contributed by atoms with Crippen LogP contribution in [0.3, 0.4) is 0 Å². The minimum Gasteiger partial charge on any atom is -0.497 e. The average molecular weight is 279 g/mol. The summed E-state index contributed by atoms with van der Waals surface area (Å²) in [5.74, 6) is 0.869. The SMILES string of the molecule is CCCN(CCN(C)C)CC(N)c1cccc(OC)c1. The molecule has 0 fully saturated rings. The lowest BCUT2D eigenvalue weighted by Crippen LogP contribution is -2.37. The number of hydrogen-bond acceptors (Lipinski definition) is 4. The zero-order valence-electron chi connectivity index (χ0n) is 13.3. The van der Waals surface area contributed by atoms with Gasteiger partial charge in [-0.25, -0.2) is 0 Å². The van der Waals surface area contributed by atoms with Gasteiger partial charge in [0.1, 0.15) is 5.75 Å². The van der Waals surface area contributed by atoms with Crippen molar-refractivity contribution >= 4 is 0 Å². The first-order valence-electron chi connectivity index (χ1n) is 7.33. The van der Waals surface area contributed by atoms with Crippen molar-refractivity contribution in [2.24, 2.45) is 5.73 Å². The molecule has 2 N–H and O–H groups in total. The molecule has 1 unspecified atom stereocenters. The maximum absolute atomic E-state index is 6.35. The number of nitrogens with two attached hydrogens (primary N) is 1. The van der Waals surface area contributed by atoms with Crippen molar-refractivity contribution in [2.75, 3.05) is 47.4 Å². The molecule has 1 rings (SSSR count). The molecular weight excluding hydrogens is 250 g/mol. The van der Waals surface area contributed by atoms with Gasteiger partial charge in [0.05, 0.1) is 7.11 Å². The van der Waals surface area contributed by atoms with Gasteiger partial charge in [-0.1, -0.05) is 19.1 Å². The standard InChI is InChI=1S/C16H29N3O/c1-5-9-19(11-10-18(2)3)13-16(17)14-7-6-8-15(12-14)20-4/h6-8,12,16H,5,9-11,13,17H2,1-4H3. The van der Waals surface area contributed by atoms with Gasteiger partial charge in [0.15, 0.2) is 0 Å². The monoisotopic (exact) mass is 279 g/mol. The van der Waals surface area contributed by atoms with E-state index in [2.05, 4.69) is 36.9 Å². The molecule has 0 saturated carbocycles. The van der Waals surface area contributed by atoms with Crippen molar-refractivity contribution in [3.05, 3.63) is 29.8 Å². The zero-order valence-corrected chi connectivity index (χ0v) is 13.3. The third-order valence-corrected chi connectivity index (χ3v) is 3.38. The molecule has 1 atom stereocenters. The van der Waals surface area contributed by atoms with Crippen LogP contribution in [0.5, 0.6) is 5.75 Å². The minimum atomic E-state index is 0.0267. The molecular formula is C16H29N3O. The molecule has 20 heavy (non-hydrogen) atoms. The lowest BCUT2D eigenvalue weighted by molar-refractivity contribution is 0.229. The molecule has 4 nitrogen and oxygen atoms in total. The topological polar surface area (TPSA) is 41.7 Å². The van der Waals surface area contributed by atoms with E-state index < -0.39 is 0 Å². The van der Waals surface area contributed by atoms with Crippen LogP contribution in [0.25, 0.3) is 0 Å². The molecule has 0 aliphatic rings. The van der Waals surface area contributed by atoms with Crippen molar-refractivity contribution in [3.8, 4) is 5.75 Å². The van der Waals surface area contributed by atoms with Crippen molar-refractivity contribution in [3.63, 3.8) is 0 Å². The van der Waals surface area contributed by atoms with Crippen LogP contribution in [0.4, 0.5) is 0 Å². The van der Waals surface area contributed by atoms with Gasteiger partial charge in [0.2, 0.25) is 0 Å². The first kappa shape index (κ1) is 17.0. The fourth-order valence-electron chi connectivity index (χ4n) is 2.21. The molecule has 114 valence electrons. The van der Waals surface area contributed by atoms with Crippen molar-refractivity contribution in [1.29, 1.82) is 0 Å². The van der Waals surface area contributed by atoms with Crippen molar-refractivity contribution in [1.82, 2.24) is 9.80 Å². The Morgan fingerprint density at radius 2 is 1.95 bits per heavy atom. The fraction of sp³-hybridized carbons (Fsp3) is 0.625. The molecule has 0 saturated heterocycles. The Morgan fingerprint density at radius 3 is 2.55 bits per heavy atom. The fourth-order valence-corrected chi connectivity index (χ4v) is 2.21. The minimum absolute atomic E-state index is 0.0267. The Bertz CT molecular complexity index is 382. The summed E-state index contributed by atoms with van der Waals surface area (Å²) in [6.07, 6.45) is 1.15. The van der Waals surface area contributed by atoms with Gasteiger partial charge >= 0.3 is 0 Å². The van der Waals surface area contributed by atoms with E-state index in [0.29, 0.717) is 0 Å². The molecule has 0 aliphatic carbocycles. The third kappa shape index (κ3) is 5.90. The number of methoxy groups -OCH3 is 1.